The molecule has 7 heteroatoms. The van der Waals surface area contributed by atoms with E-state index in [1.807, 2.05) is 35.8 Å². The summed E-state index contributed by atoms with van der Waals surface area (Å²) < 4.78 is 1.96. The number of nitrogens with one attached hydrogen (secondary N) is 1. The van der Waals surface area contributed by atoms with E-state index in [0.717, 1.165) is 49.3 Å². The van der Waals surface area contributed by atoms with Crippen molar-refractivity contribution in [2.45, 2.75) is 45.2 Å². The van der Waals surface area contributed by atoms with Crippen LogP contribution in [0.5, 0.6) is 0 Å². The third kappa shape index (κ3) is 3.94. The van der Waals surface area contributed by atoms with Crippen molar-refractivity contribution in [3.05, 3.63) is 30.6 Å². The van der Waals surface area contributed by atoms with E-state index in [-0.39, 0.29) is 30.3 Å². The van der Waals surface area contributed by atoms with Gasteiger partial charge in [0.05, 0.1) is 5.69 Å². The molecule has 0 aliphatic heterocycles. The van der Waals surface area contributed by atoms with Gasteiger partial charge in [-0.1, -0.05) is 18.6 Å². The van der Waals surface area contributed by atoms with E-state index >= 15 is 0 Å². The van der Waals surface area contributed by atoms with Gasteiger partial charge in [-0.15, -0.1) is 22.6 Å². The molecule has 130 valence electrons. The maximum Gasteiger partial charge on any atom is 0.227 e. The molecule has 0 bridgehead atoms. The molecule has 1 aromatic heterocycles. The molecule has 1 fully saturated rings. The highest BCUT2D eigenvalue weighted by atomic mass is 35.5. The number of carbonyl (C=O) groups excluding carboxylic acids is 1. The summed E-state index contributed by atoms with van der Waals surface area (Å²) in [6, 6.07) is 7.86. The van der Waals surface area contributed by atoms with Gasteiger partial charge in [-0.05, 0) is 38.3 Å². The van der Waals surface area contributed by atoms with Crippen molar-refractivity contribution in [2.24, 2.45) is 11.7 Å². The van der Waals surface area contributed by atoms with Crippen LogP contribution in [0.4, 0.5) is 5.69 Å². The Morgan fingerprint density at radius 2 is 2.17 bits per heavy atom. The molecule has 1 amide bonds. The summed E-state index contributed by atoms with van der Waals surface area (Å²) >= 11 is 0. The molecule has 2 unspecified atom stereocenters. The molecule has 1 saturated carbocycles. The Kier molecular flexibility index (Phi) is 6.34. The Balaban J connectivity index is 0.00000208. The molecule has 1 heterocycles. The van der Waals surface area contributed by atoms with Gasteiger partial charge in [0.15, 0.2) is 5.82 Å². The summed E-state index contributed by atoms with van der Waals surface area (Å²) in [6.07, 6.45) is 5.41. The van der Waals surface area contributed by atoms with Crippen molar-refractivity contribution in [2.75, 3.05) is 5.32 Å². The number of aromatic nitrogens is 3. The molecule has 0 radical (unpaired) electrons. The summed E-state index contributed by atoms with van der Waals surface area (Å²) in [4.78, 5) is 12.6. The third-order valence-corrected chi connectivity index (χ3v) is 4.47. The van der Waals surface area contributed by atoms with Gasteiger partial charge in [0, 0.05) is 24.1 Å². The van der Waals surface area contributed by atoms with Crippen LogP contribution in [0.1, 0.15) is 32.6 Å². The minimum Gasteiger partial charge on any atom is -0.328 e. The SMILES string of the molecule is CCn1cnnc1-c1ccccc1NC(=O)C1CCCC(N)C1.Cl. The molecule has 2 atom stereocenters. The first-order valence-corrected chi connectivity index (χ1v) is 8.22. The monoisotopic (exact) mass is 349 g/mol. The Morgan fingerprint density at radius 1 is 1.38 bits per heavy atom. The number of amides is 1. The van der Waals surface area contributed by atoms with E-state index < -0.39 is 0 Å². The van der Waals surface area contributed by atoms with Crippen LogP contribution in [0, 0.1) is 5.92 Å². The lowest BCUT2D eigenvalue weighted by Gasteiger charge is -2.26. The summed E-state index contributed by atoms with van der Waals surface area (Å²) in [6.45, 7) is 2.82. The lowest BCUT2D eigenvalue weighted by Crippen LogP contribution is -2.34. The summed E-state index contributed by atoms with van der Waals surface area (Å²) in [7, 11) is 0. The number of aryl methyl sites for hydroxylation is 1. The molecule has 1 aliphatic carbocycles. The molecular formula is C17H24ClN5O. The number of benzene rings is 1. The van der Waals surface area contributed by atoms with Crippen molar-refractivity contribution in [3.63, 3.8) is 0 Å². The highest BCUT2D eigenvalue weighted by molar-refractivity contribution is 5.96. The minimum absolute atomic E-state index is 0. The second kappa shape index (κ2) is 8.26. The molecule has 1 aliphatic rings. The number of nitrogens with zero attached hydrogens (tertiary/aromatic N) is 3. The van der Waals surface area contributed by atoms with Crippen LogP contribution < -0.4 is 11.1 Å². The zero-order valence-corrected chi connectivity index (χ0v) is 14.6. The van der Waals surface area contributed by atoms with Crippen LogP contribution in [-0.2, 0) is 11.3 Å². The number of para-hydroxylation sites is 1. The number of hydrogen-bond donors (Lipinski definition) is 2. The molecule has 3 rings (SSSR count). The average molecular weight is 350 g/mol. The minimum atomic E-state index is -0.00384. The highest BCUT2D eigenvalue weighted by Crippen LogP contribution is 2.29. The van der Waals surface area contributed by atoms with Gasteiger partial charge in [-0.2, -0.15) is 0 Å². The molecule has 6 nitrogen and oxygen atoms in total. The van der Waals surface area contributed by atoms with Gasteiger partial charge >= 0.3 is 0 Å². The number of anilines is 1. The average Bonchev–Trinajstić information content (AvgIpc) is 3.04. The van der Waals surface area contributed by atoms with Crippen LogP contribution in [0.3, 0.4) is 0 Å². The van der Waals surface area contributed by atoms with E-state index in [1.165, 1.54) is 0 Å². The van der Waals surface area contributed by atoms with Gasteiger partial charge < -0.3 is 15.6 Å². The second-order valence-corrected chi connectivity index (χ2v) is 6.10. The largest absolute Gasteiger partial charge is 0.328 e. The van der Waals surface area contributed by atoms with Gasteiger partial charge in [0.1, 0.15) is 6.33 Å². The van der Waals surface area contributed by atoms with Gasteiger partial charge in [0.2, 0.25) is 5.91 Å². The van der Waals surface area contributed by atoms with E-state index in [9.17, 15) is 4.79 Å². The Labute approximate surface area is 148 Å². The summed E-state index contributed by atoms with van der Waals surface area (Å²) in [5, 5.41) is 11.2. The van der Waals surface area contributed by atoms with E-state index in [4.69, 9.17) is 5.73 Å². The van der Waals surface area contributed by atoms with Crippen molar-refractivity contribution < 1.29 is 4.79 Å². The van der Waals surface area contributed by atoms with Gasteiger partial charge in [-0.25, -0.2) is 0 Å². The second-order valence-electron chi connectivity index (χ2n) is 6.10. The summed E-state index contributed by atoms with van der Waals surface area (Å²) in [5.74, 6) is 0.815. The van der Waals surface area contributed by atoms with Gasteiger partial charge in [0.25, 0.3) is 0 Å². The zero-order valence-electron chi connectivity index (χ0n) is 13.8. The van der Waals surface area contributed by atoms with Crippen molar-refractivity contribution in [1.82, 2.24) is 14.8 Å². The maximum absolute atomic E-state index is 12.6. The Morgan fingerprint density at radius 3 is 2.92 bits per heavy atom. The quantitative estimate of drug-likeness (QED) is 0.888. The number of hydrogen-bond acceptors (Lipinski definition) is 4. The fraction of sp³-hybridized carbons (Fsp3) is 0.471. The molecule has 0 spiro atoms. The smallest absolute Gasteiger partial charge is 0.227 e. The molecule has 0 saturated heterocycles. The highest BCUT2D eigenvalue weighted by Gasteiger charge is 2.26. The van der Waals surface area contributed by atoms with E-state index in [0.29, 0.717) is 0 Å². The number of carbonyl (C=O) groups is 1. The van der Waals surface area contributed by atoms with E-state index in [1.54, 1.807) is 6.33 Å². The van der Waals surface area contributed by atoms with Crippen LogP contribution in [0.25, 0.3) is 11.4 Å². The first-order valence-electron chi connectivity index (χ1n) is 8.22. The van der Waals surface area contributed by atoms with Crippen molar-refractivity contribution >= 4 is 24.0 Å². The number of nitrogens with two attached hydrogens (primary N) is 1. The van der Waals surface area contributed by atoms with Crippen molar-refractivity contribution in [1.29, 1.82) is 0 Å². The van der Waals surface area contributed by atoms with Crippen LogP contribution in [-0.4, -0.2) is 26.7 Å². The zero-order chi connectivity index (χ0) is 16.2. The predicted octanol–water partition coefficient (Wildman–Crippen LogP) is 2.84. The molecule has 1 aromatic carbocycles. The predicted molar refractivity (Wildman–Crippen MR) is 96.9 cm³/mol. The van der Waals surface area contributed by atoms with E-state index in [2.05, 4.69) is 15.5 Å². The number of halogens is 1. The fourth-order valence-electron chi connectivity index (χ4n) is 3.18. The lowest BCUT2D eigenvalue weighted by atomic mass is 9.85. The first-order chi connectivity index (χ1) is 11.2. The third-order valence-electron chi connectivity index (χ3n) is 4.47. The topological polar surface area (TPSA) is 85.8 Å². The molecular weight excluding hydrogens is 326 g/mol. The maximum atomic E-state index is 12.6. The van der Waals surface area contributed by atoms with Crippen molar-refractivity contribution in [3.8, 4) is 11.4 Å². The summed E-state index contributed by atoms with van der Waals surface area (Å²) in [5.41, 5.74) is 7.67. The van der Waals surface area contributed by atoms with Crippen LogP contribution in [0.2, 0.25) is 0 Å². The normalized spacial score (nSPS) is 20.2. The Hall–Kier alpha value is -1.92. The van der Waals surface area contributed by atoms with Crippen LogP contribution >= 0.6 is 12.4 Å². The van der Waals surface area contributed by atoms with Crippen LogP contribution in [0.15, 0.2) is 30.6 Å². The molecule has 3 N–H and O–H groups in total. The fourth-order valence-corrected chi connectivity index (χ4v) is 3.18. The van der Waals surface area contributed by atoms with Gasteiger partial charge in [-0.3, -0.25) is 4.79 Å². The first kappa shape index (κ1) is 18.4. The molecule has 2 aromatic rings. The number of rotatable bonds is 4. The lowest BCUT2D eigenvalue weighted by molar-refractivity contribution is -0.120. The standard InChI is InChI=1S/C17H23N5O.ClH/c1-2-22-11-19-21-16(22)14-8-3-4-9-15(14)20-17(23)12-6-5-7-13(18)10-12;/h3-4,8-9,11-13H,2,5-7,10,18H2,1H3,(H,20,23);1H. The Bertz CT molecular complexity index is 687. The molecule has 24 heavy (non-hydrogen) atoms.